The number of benzene rings is 1. The zero-order valence-electron chi connectivity index (χ0n) is 9.86. The van der Waals surface area contributed by atoms with Gasteiger partial charge in [0.2, 0.25) is 0 Å². The summed E-state index contributed by atoms with van der Waals surface area (Å²) in [6.07, 6.45) is 3.64. The molecule has 2 rings (SSSR count). The summed E-state index contributed by atoms with van der Waals surface area (Å²) in [5.74, 6) is 1.40. The molecule has 0 spiro atoms. The molecule has 18 heavy (non-hydrogen) atoms. The maximum absolute atomic E-state index is 6.02. The molecule has 0 aliphatic rings. The lowest BCUT2D eigenvalue weighted by Gasteiger charge is -2.11. The Morgan fingerprint density at radius 2 is 2.00 bits per heavy atom. The second kappa shape index (κ2) is 5.50. The minimum absolute atomic E-state index is 0.419. The van der Waals surface area contributed by atoms with Gasteiger partial charge in [0.05, 0.1) is 16.6 Å². The van der Waals surface area contributed by atoms with Crippen molar-refractivity contribution in [2.45, 2.75) is 13.5 Å². The van der Waals surface area contributed by atoms with Gasteiger partial charge in [0, 0.05) is 18.1 Å². The van der Waals surface area contributed by atoms with Crippen molar-refractivity contribution in [1.82, 2.24) is 9.55 Å². The number of hydrogen-bond acceptors (Lipinski definition) is 3. The van der Waals surface area contributed by atoms with Crippen LogP contribution in [0.25, 0.3) is 0 Å². The van der Waals surface area contributed by atoms with E-state index in [1.54, 1.807) is 18.3 Å². The highest BCUT2D eigenvalue weighted by molar-refractivity contribution is 6.37. The summed E-state index contributed by atoms with van der Waals surface area (Å²) in [6, 6.07) is 3.23. The van der Waals surface area contributed by atoms with E-state index < -0.39 is 0 Å². The van der Waals surface area contributed by atoms with Gasteiger partial charge in [-0.3, -0.25) is 0 Å². The van der Waals surface area contributed by atoms with E-state index in [1.165, 1.54) is 0 Å². The molecule has 1 aromatic carbocycles. The number of nitrogen functional groups attached to an aromatic ring is 1. The maximum atomic E-state index is 6.02. The third-order valence-electron chi connectivity index (χ3n) is 2.52. The highest BCUT2D eigenvalue weighted by atomic mass is 35.5. The van der Waals surface area contributed by atoms with Crippen molar-refractivity contribution in [3.05, 3.63) is 40.4 Å². The molecule has 4 nitrogen and oxygen atoms in total. The van der Waals surface area contributed by atoms with Crippen LogP contribution in [0.4, 0.5) is 5.69 Å². The first-order valence-corrected chi connectivity index (χ1v) is 6.18. The molecular formula is C12H13Cl2N3O. The standard InChI is InChI=1S/C12H13Cl2N3O/c1-8-16-2-3-17(8)4-5-18-12-10(13)6-9(15)7-11(12)14/h2-3,6-7H,4-5,15H2,1H3. The van der Waals surface area contributed by atoms with Gasteiger partial charge in [-0.1, -0.05) is 23.2 Å². The van der Waals surface area contributed by atoms with E-state index in [9.17, 15) is 0 Å². The first-order chi connectivity index (χ1) is 8.58. The Morgan fingerprint density at radius 1 is 1.33 bits per heavy atom. The summed E-state index contributed by atoms with van der Waals surface area (Å²) >= 11 is 12.0. The number of nitrogens with two attached hydrogens (primary N) is 1. The van der Waals surface area contributed by atoms with E-state index in [0.29, 0.717) is 34.6 Å². The van der Waals surface area contributed by atoms with Crippen LogP contribution in [0.1, 0.15) is 5.82 Å². The fraction of sp³-hybridized carbons (Fsp3) is 0.250. The zero-order valence-corrected chi connectivity index (χ0v) is 11.4. The van der Waals surface area contributed by atoms with E-state index >= 15 is 0 Å². The number of halogens is 2. The van der Waals surface area contributed by atoms with Crippen LogP contribution in [0.15, 0.2) is 24.5 Å². The monoisotopic (exact) mass is 285 g/mol. The molecule has 1 aromatic heterocycles. The molecular weight excluding hydrogens is 273 g/mol. The Bertz CT molecular complexity index is 531. The van der Waals surface area contributed by atoms with Gasteiger partial charge in [0.15, 0.2) is 5.75 Å². The SMILES string of the molecule is Cc1nccn1CCOc1c(Cl)cc(N)cc1Cl. The van der Waals surface area contributed by atoms with Crippen molar-refractivity contribution in [2.24, 2.45) is 0 Å². The largest absolute Gasteiger partial charge is 0.489 e. The molecule has 0 aliphatic carbocycles. The van der Waals surface area contributed by atoms with Crippen molar-refractivity contribution >= 4 is 28.9 Å². The Hall–Kier alpha value is -1.39. The molecule has 0 aliphatic heterocycles. The summed E-state index contributed by atoms with van der Waals surface area (Å²) in [5.41, 5.74) is 6.13. The van der Waals surface area contributed by atoms with E-state index in [0.717, 1.165) is 5.82 Å². The zero-order chi connectivity index (χ0) is 13.1. The van der Waals surface area contributed by atoms with Gasteiger partial charge in [-0.25, -0.2) is 4.98 Å². The van der Waals surface area contributed by atoms with Crippen molar-refractivity contribution in [1.29, 1.82) is 0 Å². The Morgan fingerprint density at radius 3 is 2.56 bits per heavy atom. The summed E-state index contributed by atoms with van der Waals surface area (Å²) in [5, 5.41) is 0.838. The fourth-order valence-electron chi connectivity index (χ4n) is 1.60. The van der Waals surface area contributed by atoms with Gasteiger partial charge < -0.3 is 15.0 Å². The van der Waals surface area contributed by atoms with Crippen molar-refractivity contribution in [2.75, 3.05) is 12.3 Å². The molecule has 0 atom stereocenters. The summed E-state index contributed by atoms with van der Waals surface area (Å²) < 4.78 is 7.57. The lowest BCUT2D eigenvalue weighted by molar-refractivity contribution is 0.297. The number of ether oxygens (including phenoxy) is 1. The molecule has 0 bridgehead atoms. The van der Waals surface area contributed by atoms with Crippen molar-refractivity contribution in [3.63, 3.8) is 0 Å². The third-order valence-corrected chi connectivity index (χ3v) is 3.08. The fourth-order valence-corrected chi connectivity index (χ4v) is 2.22. The lowest BCUT2D eigenvalue weighted by Crippen LogP contribution is -2.09. The highest BCUT2D eigenvalue weighted by Gasteiger charge is 2.08. The molecule has 0 unspecified atom stereocenters. The van der Waals surface area contributed by atoms with Gasteiger partial charge in [-0.05, 0) is 19.1 Å². The minimum atomic E-state index is 0.419. The topological polar surface area (TPSA) is 53.1 Å². The van der Waals surface area contributed by atoms with Gasteiger partial charge in [-0.2, -0.15) is 0 Å². The molecule has 0 amide bonds. The summed E-state index contributed by atoms with van der Waals surface area (Å²) in [4.78, 5) is 4.13. The number of hydrogen-bond donors (Lipinski definition) is 1. The van der Waals surface area contributed by atoms with Gasteiger partial charge in [0.1, 0.15) is 12.4 Å². The number of aryl methyl sites for hydroxylation is 1. The molecule has 0 radical (unpaired) electrons. The number of nitrogens with zero attached hydrogens (tertiary/aromatic N) is 2. The quantitative estimate of drug-likeness (QED) is 0.878. The second-order valence-corrected chi connectivity index (χ2v) is 4.64. The van der Waals surface area contributed by atoms with Crippen LogP contribution < -0.4 is 10.5 Å². The molecule has 6 heteroatoms. The van der Waals surface area contributed by atoms with Gasteiger partial charge in [-0.15, -0.1) is 0 Å². The van der Waals surface area contributed by atoms with Crippen LogP contribution in [0, 0.1) is 6.92 Å². The maximum Gasteiger partial charge on any atom is 0.156 e. The molecule has 0 saturated heterocycles. The van der Waals surface area contributed by atoms with Crippen LogP contribution in [0.2, 0.25) is 10.0 Å². The van der Waals surface area contributed by atoms with E-state index in [4.69, 9.17) is 33.7 Å². The average molecular weight is 286 g/mol. The highest BCUT2D eigenvalue weighted by Crippen LogP contribution is 2.34. The van der Waals surface area contributed by atoms with Crippen molar-refractivity contribution < 1.29 is 4.74 Å². The average Bonchev–Trinajstić information content (AvgIpc) is 2.68. The Balaban J connectivity index is 2.01. The molecule has 96 valence electrons. The number of aromatic nitrogens is 2. The smallest absolute Gasteiger partial charge is 0.156 e. The van der Waals surface area contributed by atoms with Crippen LogP contribution in [-0.4, -0.2) is 16.2 Å². The lowest BCUT2D eigenvalue weighted by atomic mass is 10.3. The predicted octanol–water partition coefficient (Wildman–Crippen LogP) is 3.16. The normalized spacial score (nSPS) is 10.6. The number of anilines is 1. The molecule has 0 saturated carbocycles. The number of rotatable bonds is 4. The first-order valence-electron chi connectivity index (χ1n) is 5.43. The molecule has 2 N–H and O–H groups in total. The molecule has 1 heterocycles. The Labute approximate surface area is 115 Å². The van der Waals surface area contributed by atoms with Gasteiger partial charge in [0.25, 0.3) is 0 Å². The van der Waals surface area contributed by atoms with Crippen LogP contribution in [0.5, 0.6) is 5.75 Å². The van der Waals surface area contributed by atoms with E-state index in [-0.39, 0.29) is 0 Å². The third kappa shape index (κ3) is 2.89. The second-order valence-electron chi connectivity index (χ2n) is 3.83. The van der Waals surface area contributed by atoms with Gasteiger partial charge >= 0.3 is 0 Å². The van der Waals surface area contributed by atoms with E-state index in [2.05, 4.69) is 4.98 Å². The first kappa shape index (κ1) is 13.1. The van der Waals surface area contributed by atoms with Crippen LogP contribution >= 0.6 is 23.2 Å². The van der Waals surface area contributed by atoms with Crippen LogP contribution in [0.3, 0.4) is 0 Å². The van der Waals surface area contributed by atoms with Crippen LogP contribution in [-0.2, 0) is 6.54 Å². The number of imidazole rings is 1. The molecule has 0 fully saturated rings. The van der Waals surface area contributed by atoms with E-state index in [1.807, 2.05) is 17.7 Å². The van der Waals surface area contributed by atoms with Crippen molar-refractivity contribution in [3.8, 4) is 5.75 Å². The minimum Gasteiger partial charge on any atom is -0.489 e. The predicted molar refractivity (Wildman–Crippen MR) is 73.3 cm³/mol. The molecule has 2 aromatic rings. The summed E-state index contributed by atoms with van der Waals surface area (Å²) in [7, 11) is 0. The summed E-state index contributed by atoms with van der Waals surface area (Å²) in [6.45, 7) is 3.08. The Kier molecular flexibility index (Phi) is 3.99.